The SMILES string of the molecule is Cc1[nH]ncc1CNCc1ccc(N2CC(C)OC(C)C2)c(F)c1. The summed E-state index contributed by atoms with van der Waals surface area (Å²) in [5.41, 5.74) is 3.78. The largest absolute Gasteiger partial charge is 0.372 e. The molecule has 2 aromatic rings. The maximum absolute atomic E-state index is 14.5. The minimum atomic E-state index is -0.171. The Balaban J connectivity index is 1.61. The van der Waals surface area contributed by atoms with Gasteiger partial charge in [-0.25, -0.2) is 4.39 Å². The van der Waals surface area contributed by atoms with Crippen LogP contribution >= 0.6 is 0 Å². The van der Waals surface area contributed by atoms with E-state index in [1.54, 1.807) is 6.07 Å². The zero-order valence-electron chi connectivity index (χ0n) is 14.5. The van der Waals surface area contributed by atoms with E-state index >= 15 is 0 Å². The zero-order chi connectivity index (χ0) is 17.1. The predicted octanol–water partition coefficient (Wildman–Crippen LogP) is 2.76. The number of ether oxygens (including phenoxy) is 1. The normalized spacial score (nSPS) is 21.2. The van der Waals surface area contributed by atoms with Gasteiger partial charge in [-0.15, -0.1) is 0 Å². The molecular weight excluding hydrogens is 307 g/mol. The van der Waals surface area contributed by atoms with Crippen molar-refractivity contribution in [1.82, 2.24) is 15.5 Å². The summed E-state index contributed by atoms with van der Waals surface area (Å²) in [4.78, 5) is 2.07. The Morgan fingerprint density at radius 3 is 2.67 bits per heavy atom. The van der Waals surface area contributed by atoms with Crippen LogP contribution in [0.4, 0.5) is 10.1 Å². The van der Waals surface area contributed by atoms with Crippen LogP contribution in [-0.4, -0.2) is 35.5 Å². The van der Waals surface area contributed by atoms with Crippen molar-refractivity contribution in [2.24, 2.45) is 0 Å². The highest BCUT2D eigenvalue weighted by Crippen LogP contribution is 2.24. The molecule has 24 heavy (non-hydrogen) atoms. The maximum atomic E-state index is 14.5. The molecule has 1 aliphatic heterocycles. The summed E-state index contributed by atoms with van der Waals surface area (Å²) in [5.74, 6) is -0.171. The number of rotatable bonds is 5. The summed E-state index contributed by atoms with van der Waals surface area (Å²) in [6.07, 6.45) is 2.05. The topological polar surface area (TPSA) is 53.2 Å². The predicted molar refractivity (Wildman–Crippen MR) is 92.5 cm³/mol. The molecule has 3 rings (SSSR count). The van der Waals surface area contributed by atoms with Gasteiger partial charge in [-0.2, -0.15) is 5.10 Å². The number of halogens is 1. The van der Waals surface area contributed by atoms with Gasteiger partial charge in [0.1, 0.15) is 5.82 Å². The molecule has 0 radical (unpaired) electrons. The number of aromatic amines is 1. The van der Waals surface area contributed by atoms with E-state index in [4.69, 9.17) is 4.74 Å². The van der Waals surface area contributed by atoms with Gasteiger partial charge in [-0.3, -0.25) is 5.10 Å². The standard InChI is InChI=1S/C18H25FN4O/c1-12-10-23(11-13(2)24-12)18-5-4-15(6-17(18)19)7-20-8-16-9-21-22-14(16)3/h4-6,9,12-13,20H,7-8,10-11H2,1-3H3,(H,21,22). The first-order chi connectivity index (χ1) is 11.5. The van der Waals surface area contributed by atoms with Crippen molar-refractivity contribution in [3.05, 3.63) is 47.0 Å². The van der Waals surface area contributed by atoms with E-state index in [-0.39, 0.29) is 18.0 Å². The molecule has 6 heteroatoms. The number of nitrogens with one attached hydrogen (secondary N) is 2. The van der Waals surface area contributed by atoms with Gasteiger partial charge < -0.3 is 15.0 Å². The molecule has 0 bridgehead atoms. The third kappa shape index (κ3) is 3.94. The minimum absolute atomic E-state index is 0.118. The van der Waals surface area contributed by atoms with Gasteiger partial charge in [0.05, 0.1) is 24.1 Å². The van der Waals surface area contributed by atoms with Gasteiger partial charge in [0.25, 0.3) is 0 Å². The van der Waals surface area contributed by atoms with Crippen molar-refractivity contribution < 1.29 is 9.13 Å². The Labute approximate surface area is 142 Å². The number of hydrogen-bond donors (Lipinski definition) is 2. The average molecular weight is 332 g/mol. The number of hydrogen-bond acceptors (Lipinski definition) is 4. The molecule has 1 aromatic carbocycles. The van der Waals surface area contributed by atoms with Crippen molar-refractivity contribution in [2.75, 3.05) is 18.0 Å². The molecule has 130 valence electrons. The molecule has 1 aliphatic rings. The third-order valence-electron chi connectivity index (χ3n) is 4.35. The Bertz CT molecular complexity index is 677. The highest BCUT2D eigenvalue weighted by Gasteiger charge is 2.24. The Morgan fingerprint density at radius 2 is 2.04 bits per heavy atom. The molecule has 0 aliphatic carbocycles. The van der Waals surface area contributed by atoms with E-state index in [1.165, 1.54) is 0 Å². The third-order valence-corrected chi connectivity index (χ3v) is 4.35. The smallest absolute Gasteiger partial charge is 0.146 e. The molecule has 1 saturated heterocycles. The number of nitrogens with zero attached hydrogens (tertiary/aromatic N) is 2. The van der Waals surface area contributed by atoms with E-state index in [2.05, 4.69) is 20.4 Å². The van der Waals surface area contributed by atoms with E-state index < -0.39 is 0 Å². The van der Waals surface area contributed by atoms with Crippen LogP contribution in [0.15, 0.2) is 24.4 Å². The van der Waals surface area contributed by atoms with Gasteiger partial charge in [0, 0.05) is 37.4 Å². The summed E-state index contributed by atoms with van der Waals surface area (Å²) in [5, 5.41) is 10.2. The number of aromatic nitrogens is 2. The number of benzene rings is 1. The van der Waals surface area contributed by atoms with E-state index in [9.17, 15) is 4.39 Å². The number of morpholine rings is 1. The lowest BCUT2D eigenvalue weighted by molar-refractivity contribution is -0.00539. The fraction of sp³-hybridized carbons (Fsp3) is 0.500. The molecule has 2 N–H and O–H groups in total. The Hall–Kier alpha value is -1.92. The number of aryl methyl sites for hydroxylation is 1. The van der Waals surface area contributed by atoms with Crippen LogP contribution in [-0.2, 0) is 17.8 Å². The van der Waals surface area contributed by atoms with Crippen molar-refractivity contribution in [3.8, 4) is 0 Å². The molecular formula is C18H25FN4O. The summed E-state index contributed by atoms with van der Waals surface area (Å²) >= 11 is 0. The van der Waals surface area contributed by atoms with Gasteiger partial charge in [-0.1, -0.05) is 6.07 Å². The van der Waals surface area contributed by atoms with Gasteiger partial charge in [-0.05, 0) is 38.5 Å². The maximum Gasteiger partial charge on any atom is 0.146 e. The van der Waals surface area contributed by atoms with Crippen LogP contribution in [0.5, 0.6) is 0 Å². The molecule has 0 amide bonds. The minimum Gasteiger partial charge on any atom is -0.372 e. The van der Waals surface area contributed by atoms with Crippen LogP contribution in [0.25, 0.3) is 0 Å². The fourth-order valence-electron chi connectivity index (χ4n) is 3.19. The van der Waals surface area contributed by atoms with Gasteiger partial charge in [0.2, 0.25) is 0 Å². The Kier molecular flexibility index (Phi) is 5.16. The first-order valence-electron chi connectivity index (χ1n) is 8.41. The summed E-state index contributed by atoms with van der Waals surface area (Å²) < 4.78 is 20.2. The average Bonchev–Trinajstić information content (AvgIpc) is 2.92. The number of H-pyrrole nitrogens is 1. The van der Waals surface area contributed by atoms with Crippen LogP contribution in [0, 0.1) is 12.7 Å². The van der Waals surface area contributed by atoms with E-state index in [1.807, 2.05) is 39.1 Å². The lowest BCUT2D eigenvalue weighted by atomic mass is 10.1. The highest BCUT2D eigenvalue weighted by molar-refractivity contribution is 5.49. The van der Waals surface area contributed by atoms with Crippen LogP contribution < -0.4 is 10.2 Å². The summed E-state index contributed by atoms with van der Waals surface area (Å²) in [6, 6.07) is 5.48. The molecule has 5 nitrogen and oxygen atoms in total. The number of anilines is 1. The van der Waals surface area contributed by atoms with Crippen molar-refractivity contribution >= 4 is 5.69 Å². The lowest BCUT2D eigenvalue weighted by Crippen LogP contribution is -2.45. The highest BCUT2D eigenvalue weighted by atomic mass is 19.1. The Morgan fingerprint density at radius 1 is 1.29 bits per heavy atom. The summed E-state index contributed by atoms with van der Waals surface area (Å²) in [7, 11) is 0. The van der Waals surface area contributed by atoms with Gasteiger partial charge >= 0.3 is 0 Å². The van der Waals surface area contributed by atoms with E-state index in [0.29, 0.717) is 18.8 Å². The van der Waals surface area contributed by atoms with Crippen LogP contribution in [0.2, 0.25) is 0 Å². The molecule has 0 saturated carbocycles. The van der Waals surface area contributed by atoms with E-state index in [0.717, 1.165) is 29.9 Å². The first-order valence-corrected chi connectivity index (χ1v) is 8.41. The lowest BCUT2D eigenvalue weighted by Gasteiger charge is -2.37. The molecule has 2 atom stereocenters. The quantitative estimate of drug-likeness (QED) is 0.884. The van der Waals surface area contributed by atoms with Crippen molar-refractivity contribution in [2.45, 2.75) is 46.1 Å². The molecule has 0 spiro atoms. The van der Waals surface area contributed by atoms with Gasteiger partial charge in [0.15, 0.2) is 0 Å². The zero-order valence-corrected chi connectivity index (χ0v) is 14.5. The van der Waals surface area contributed by atoms with Crippen LogP contribution in [0.3, 0.4) is 0 Å². The second kappa shape index (κ2) is 7.32. The van der Waals surface area contributed by atoms with Crippen molar-refractivity contribution in [3.63, 3.8) is 0 Å². The second-order valence-corrected chi connectivity index (χ2v) is 6.57. The molecule has 1 aromatic heterocycles. The molecule has 2 unspecified atom stereocenters. The summed E-state index contributed by atoms with van der Waals surface area (Å²) in [6.45, 7) is 8.81. The fourth-order valence-corrected chi connectivity index (χ4v) is 3.19. The first kappa shape index (κ1) is 16.9. The van der Waals surface area contributed by atoms with Crippen molar-refractivity contribution in [1.29, 1.82) is 0 Å². The van der Waals surface area contributed by atoms with Crippen LogP contribution in [0.1, 0.15) is 30.7 Å². The molecule has 1 fully saturated rings. The monoisotopic (exact) mass is 332 g/mol. The molecule has 2 heterocycles. The second-order valence-electron chi connectivity index (χ2n) is 6.57.